The van der Waals surface area contributed by atoms with Crippen molar-refractivity contribution in [3.63, 3.8) is 0 Å². The number of unbranched alkanes of at least 4 members (excludes halogenated alkanes) is 11. The van der Waals surface area contributed by atoms with Gasteiger partial charge in [-0.3, -0.25) is 8.98 Å². The number of hydrogen-bond acceptors (Lipinski definition) is 5. The van der Waals surface area contributed by atoms with E-state index in [0.29, 0.717) is 6.42 Å². The summed E-state index contributed by atoms with van der Waals surface area (Å²) in [5, 5.41) is -1.20. The second kappa shape index (κ2) is 17.8. The molecule has 0 aromatic heterocycles. The van der Waals surface area contributed by atoms with Crippen LogP contribution in [-0.2, 0) is 23.8 Å². The normalized spacial score (nSPS) is 12.4. The van der Waals surface area contributed by atoms with E-state index >= 15 is 0 Å². The van der Waals surface area contributed by atoms with E-state index in [2.05, 4.69) is 15.8 Å². The second-order valence-electron chi connectivity index (χ2n) is 6.35. The van der Waals surface area contributed by atoms with Gasteiger partial charge in [0.1, 0.15) is 0 Å². The van der Waals surface area contributed by atoms with Crippen molar-refractivity contribution in [3.05, 3.63) is 0 Å². The van der Waals surface area contributed by atoms with E-state index in [-0.39, 0.29) is 36.0 Å². The van der Waals surface area contributed by atoms with Crippen molar-refractivity contribution in [3.8, 4) is 0 Å². The average molecular weight is 389 g/mol. The Kier molecular flexibility index (Phi) is 19.6. The van der Waals surface area contributed by atoms with Crippen LogP contribution in [0.2, 0.25) is 0 Å². The van der Waals surface area contributed by atoms with Gasteiger partial charge in [0, 0.05) is 0 Å². The molecule has 0 aliphatic rings. The first kappa shape index (κ1) is 27.6. The zero-order valence-electron chi connectivity index (χ0n) is 15.7. The molecule has 5 nitrogen and oxygen atoms in total. The zero-order chi connectivity index (χ0) is 18.3. The summed E-state index contributed by atoms with van der Waals surface area (Å²) in [4.78, 5) is 11.6. The molecule has 0 saturated carbocycles. The molecule has 0 spiro atoms. The van der Waals surface area contributed by atoms with E-state index in [1.54, 1.807) is 0 Å². The minimum absolute atomic E-state index is 0. The Morgan fingerprint density at radius 3 is 1.56 bits per heavy atom. The summed E-state index contributed by atoms with van der Waals surface area (Å²) in [6, 6.07) is 0. The summed E-state index contributed by atoms with van der Waals surface area (Å²) in [7, 11) is -1.59. The van der Waals surface area contributed by atoms with Gasteiger partial charge < -0.3 is 4.74 Å². The van der Waals surface area contributed by atoms with Gasteiger partial charge in [0.15, 0.2) is 5.25 Å². The molecule has 0 saturated heterocycles. The molecule has 0 aromatic carbocycles. The van der Waals surface area contributed by atoms with Crippen molar-refractivity contribution in [1.82, 2.24) is 0 Å². The van der Waals surface area contributed by atoms with Gasteiger partial charge in [-0.15, -0.1) is 0 Å². The number of carbonyl (C=O) groups is 1. The number of carbonyl (C=O) groups excluding carboxylic acids is 1. The van der Waals surface area contributed by atoms with E-state index in [1.165, 1.54) is 64.9 Å². The maximum absolute atomic E-state index is 11.7. The number of rotatable bonds is 16. The Bertz CT molecular complexity index is 412. The van der Waals surface area contributed by atoms with E-state index in [1.807, 2.05) is 0 Å². The van der Waals surface area contributed by atoms with Crippen molar-refractivity contribution in [2.45, 2.75) is 95.6 Å². The van der Waals surface area contributed by atoms with Crippen molar-refractivity contribution in [2.24, 2.45) is 0 Å². The van der Waals surface area contributed by atoms with Crippen LogP contribution in [0.5, 0.6) is 0 Å². The van der Waals surface area contributed by atoms with Crippen LogP contribution in [0, 0.1) is 0 Å². The molecule has 0 aliphatic heterocycles. The summed E-state index contributed by atoms with van der Waals surface area (Å²) < 4.78 is 32.4. The molecule has 0 heterocycles. The average Bonchev–Trinajstić information content (AvgIpc) is 2.58. The summed E-state index contributed by atoms with van der Waals surface area (Å²) in [5.41, 5.74) is 0. The first-order chi connectivity index (χ1) is 11.5. The third kappa shape index (κ3) is 14.1. The van der Waals surface area contributed by atoms with Crippen LogP contribution in [0.1, 0.15) is 90.4 Å². The molecule has 25 heavy (non-hydrogen) atoms. The van der Waals surface area contributed by atoms with Gasteiger partial charge in [0.25, 0.3) is 10.1 Å². The standard InChI is InChI=1S/C18H36O5S.Na.H/c1-4-5-6-7-8-9-10-11-12-13-14-15-16-17(18(19)22-2)24(20,21)23-3;;/h17H,4-16H2,1-3H3;;. The molecule has 146 valence electrons. The molecule has 1 unspecified atom stereocenters. The molecular weight excluding hydrogens is 351 g/mol. The Balaban J connectivity index is 0. The predicted molar refractivity (Wildman–Crippen MR) is 105 cm³/mol. The summed E-state index contributed by atoms with van der Waals surface area (Å²) >= 11 is 0. The molecule has 7 heteroatoms. The second-order valence-corrected chi connectivity index (χ2v) is 8.24. The fourth-order valence-corrected chi connectivity index (χ4v) is 3.82. The van der Waals surface area contributed by atoms with Gasteiger partial charge in [-0.1, -0.05) is 84.0 Å². The van der Waals surface area contributed by atoms with Gasteiger partial charge in [0.2, 0.25) is 0 Å². The zero-order valence-corrected chi connectivity index (χ0v) is 16.5. The molecule has 0 fully saturated rings. The van der Waals surface area contributed by atoms with Crippen LogP contribution < -0.4 is 0 Å². The number of hydrogen-bond donors (Lipinski definition) is 0. The summed E-state index contributed by atoms with van der Waals surface area (Å²) in [6.45, 7) is 2.23. The van der Waals surface area contributed by atoms with Crippen molar-refractivity contribution in [1.29, 1.82) is 0 Å². The fraction of sp³-hybridized carbons (Fsp3) is 0.944. The molecule has 0 rings (SSSR count). The molecular formula is C18H37NaO5S. The van der Waals surface area contributed by atoms with E-state index in [4.69, 9.17) is 0 Å². The van der Waals surface area contributed by atoms with E-state index in [0.717, 1.165) is 20.0 Å². The molecule has 0 aliphatic carbocycles. The Labute approximate surface area is 177 Å². The Morgan fingerprint density at radius 2 is 1.20 bits per heavy atom. The first-order valence-corrected chi connectivity index (χ1v) is 10.8. The molecule has 0 bridgehead atoms. The third-order valence-electron chi connectivity index (χ3n) is 4.36. The monoisotopic (exact) mass is 388 g/mol. The molecule has 0 radical (unpaired) electrons. The van der Waals surface area contributed by atoms with Gasteiger partial charge in [-0.2, -0.15) is 8.42 Å². The maximum atomic E-state index is 11.7. The summed E-state index contributed by atoms with van der Waals surface area (Å²) in [6.07, 6.45) is 14.7. The van der Waals surface area contributed by atoms with Crippen LogP contribution in [0.4, 0.5) is 0 Å². The third-order valence-corrected chi connectivity index (χ3v) is 5.95. The Hall–Kier alpha value is 0.380. The van der Waals surface area contributed by atoms with Crippen LogP contribution in [0.25, 0.3) is 0 Å². The van der Waals surface area contributed by atoms with Crippen molar-refractivity contribution in [2.75, 3.05) is 14.2 Å². The van der Waals surface area contributed by atoms with Gasteiger partial charge in [-0.05, 0) is 6.42 Å². The van der Waals surface area contributed by atoms with Crippen LogP contribution in [0.15, 0.2) is 0 Å². The summed E-state index contributed by atoms with van der Waals surface area (Å²) in [5.74, 6) is -0.736. The molecule has 0 aromatic rings. The minimum atomic E-state index is -3.86. The van der Waals surface area contributed by atoms with Gasteiger partial charge in [0.05, 0.1) is 14.2 Å². The van der Waals surface area contributed by atoms with E-state index < -0.39 is 21.3 Å². The Morgan fingerprint density at radius 1 is 0.800 bits per heavy atom. The van der Waals surface area contributed by atoms with Crippen molar-refractivity contribution < 1.29 is 22.1 Å². The van der Waals surface area contributed by atoms with Crippen LogP contribution in [-0.4, -0.2) is 63.4 Å². The number of ether oxygens (including phenoxy) is 1. The van der Waals surface area contributed by atoms with Gasteiger partial charge in [-0.25, -0.2) is 0 Å². The van der Waals surface area contributed by atoms with Crippen molar-refractivity contribution >= 4 is 45.6 Å². The molecule has 0 N–H and O–H groups in total. The SMILES string of the molecule is CCCCCCCCCCCCCCC(C(=O)OC)S(=O)(=O)OC.[NaH]. The van der Waals surface area contributed by atoms with E-state index in [9.17, 15) is 13.2 Å². The number of methoxy groups -OCH3 is 1. The van der Waals surface area contributed by atoms with Gasteiger partial charge >= 0.3 is 35.5 Å². The fourth-order valence-electron chi connectivity index (χ4n) is 2.80. The topological polar surface area (TPSA) is 69.7 Å². The predicted octanol–water partition coefficient (Wildman–Crippen LogP) is 3.95. The molecule has 0 amide bonds. The quantitative estimate of drug-likeness (QED) is 0.173. The number of esters is 1. The van der Waals surface area contributed by atoms with Crippen LogP contribution >= 0.6 is 0 Å². The molecule has 1 atom stereocenters. The van der Waals surface area contributed by atoms with Crippen LogP contribution in [0.3, 0.4) is 0 Å². The first-order valence-electron chi connectivity index (χ1n) is 9.36.